The van der Waals surface area contributed by atoms with Gasteiger partial charge in [-0.05, 0) is 128 Å². The highest BCUT2D eigenvalue weighted by molar-refractivity contribution is 6.40. The first-order valence-electron chi connectivity index (χ1n) is 42.6. The second-order valence-corrected chi connectivity index (χ2v) is 30.6. The van der Waals surface area contributed by atoms with Gasteiger partial charge in [-0.2, -0.15) is 0 Å². The topological polar surface area (TPSA) is 14.8 Å². The lowest BCUT2D eigenvalue weighted by atomic mass is 9.97. The van der Waals surface area contributed by atoms with Crippen LogP contribution in [-0.2, 0) is 19.6 Å². The molecule has 0 fully saturated rings. The van der Waals surface area contributed by atoms with Gasteiger partial charge in [0, 0.05) is 119 Å². The van der Waals surface area contributed by atoms with Crippen LogP contribution in [0, 0.1) is 71.0 Å². The zero-order chi connectivity index (χ0) is 75.9. The third-order valence-electron chi connectivity index (χ3n) is 22.2. The predicted molar refractivity (Wildman–Crippen MR) is 476 cm³/mol. The molecule has 0 saturated heterocycles. The van der Waals surface area contributed by atoms with E-state index in [1.165, 1.54) is 220 Å². The van der Waals surface area contributed by atoms with Crippen LogP contribution in [0.3, 0.4) is 0 Å². The van der Waals surface area contributed by atoms with Gasteiger partial charge >= 0.3 is 0 Å². The quantitative estimate of drug-likeness (QED) is 0.0288. The molecule has 0 spiro atoms. The van der Waals surface area contributed by atoms with Crippen molar-refractivity contribution in [1.82, 2.24) is 13.7 Å². The summed E-state index contributed by atoms with van der Waals surface area (Å²) in [5.41, 5.74) is 18.7. The lowest BCUT2D eigenvalue weighted by molar-refractivity contribution is 0.541. The molecule has 3 aromatic heterocycles. The summed E-state index contributed by atoms with van der Waals surface area (Å²) in [7, 11) is 0. The minimum Gasteiger partial charge on any atom is -0.340 e. The van der Waals surface area contributed by atoms with Crippen LogP contribution in [0.1, 0.15) is 280 Å². The Bertz CT molecular complexity index is 5030. The summed E-state index contributed by atoms with van der Waals surface area (Å²) < 4.78 is 8.29. The molecule has 0 aliphatic rings. The van der Waals surface area contributed by atoms with Gasteiger partial charge in [0.15, 0.2) is 0 Å². The van der Waals surface area contributed by atoms with Crippen molar-refractivity contribution in [2.75, 3.05) is 0 Å². The minimum atomic E-state index is 0.835. The van der Waals surface area contributed by atoms with Crippen LogP contribution in [0.2, 0.25) is 0 Å². The van der Waals surface area contributed by atoms with E-state index in [2.05, 4.69) is 324 Å². The number of aryl methyl sites for hydroxylation is 3. The summed E-state index contributed by atoms with van der Waals surface area (Å²) in [5, 5.41) is 7.34. The second kappa shape index (κ2) is 41.7. The summed E-state index contributed by atoms with van der Waals surface area (Å²) in [6.07, 6.45) is 37.6. The van der Waals surface area contributed by atoms with Gasteiger partial charge in [0.05, 0.1) is 33.1 Å². The minimum absolute atomic E-state index is 0.835. The Kier molecular flexibility index (Phi) is 29.3. The standard InChI is InChI=1S/C108H111N3/c1-4-7-10-13-16-19-22-25-28-49-76-109-100-82-94(73-67-88-58-43-34-44-59-88)91(70-64-85-52-37-31-38-53-85)79-97(100)103-106(109)104-98-80-92(71-65-86-54-39-32-40-55-86)95(74-68-89-60-45-35-46-61-89)83-101(98)110(77-50-29-26-23-20-17-14-11-8-5-2)108(104)105-99-81-93(72-66-87-56-41-33-42-57-87)96(75-69-90-62-47-36-48-63-90)84-102(99)111(107(103)105)78-51-30-27-24-21-18-15-12-9-6-3/h31-48,52-63,79-84H,4-30,49-51,76-78H2,1-3H3. The molecule has 0 amide bonds. The number of benzene rings is 10. The van der Waals surface area contributed by atoms with Gasteiger partial charge in [0.1, 0.15) is 0 Å². The number of aromatic nitrogens is 3. The average molecular weight is 1450 g/mol. The first kappa shape index (κ1) is 78.1. The SMILES string of the molecule is CCCCCCCCCCCCn1c2cc(C#Cc3ccccc3)c(C#Cc3ccccc3)cc2c2c1c1c3cc(C#Cc4ccccc4)c(C#Cc4ccccc4)cc3n(CCCCCCCCCCCC)c1c1c3cc(C#Cc4ccccc4)c(C#Cc4ccccc4)cc3n(CCCCCCCCCCCC)c21. The lowest BCUT2D eigenvalue weighted by Crippen LogP contribution is -2.02. The van der Waals surface area contributed by atoms with Crippen molar-refractivity contribution in [3.63, 3.8) is 0 Å². The Hall–Kier alpha value is -11.0. The molecule has 0 radical (unpaired) electrons. The lowest BCUT2D eigenvalue weighted by Gasteiger charge is -2.13. The molecule has 558 valence electrons. The molecule has 3 heteroatoms. The zero-order valence-corrected chi connectivity index (χ0v) is 66.5. The summed E-state index contributed by atoms with van der Waals surface area (Å²) in [4.78, 5) is 0. The molecule has 3 heterocycles. The normalized spacial score (nSPS) is 11.1. The van der Waals surface area contributed by atoms with Gasteiger partial charge in [-0.25, -0.2) is 0 Å². The van der Waals surface area contributed by atoms with Gasteiger partial charge in [0.2, 0.25) is 0 Å². The van der Waals surface area contributed by atoms with Crippen LogP contribution in [-0.4, -0.2) is 13.7 Å². The number of fused-ring (bicyclic) bond motifs is 12. The third kappa shape index (κ3) is 20.9. The van der Waals surface area contributed by atoms with E-state index < -0.39 is 0 Å². The highest BCUT2D eigenvalue weighted by atomic mass is 15.0. The molecule has 10 aromatic carbocycles. The molecule has 0 atom stereocenters. The van der Waals surface area contributed by atoms with Crippen molar-refractivity contribution in [2.24, 2.45) is 0 Å². The van der Waals surface area contributed by atoms with Gasteiger partial charge < -0.3 is 13.7 Å². The van der Waals surface area contributed by atoms with E-state index in [9.17, 15) is 0 Å². The van der Waals surface area contributed by atoms with E-state index in [-0.39, 0.29) is 0 Å². The molecule has 13 aromatic rings. The van der Waals surface area contributed by atoms with Crippen molar-refractivity contribution >= 4 is 65.4 Å². The van der Waals surface area contributed by atoms with Crippen LogP contribution in [0.25, 0.3) is 65.4 Å². The van der Waals surface area contributed by atoms with Crippen LogP contribution in [0.5, 0.6) is 0 Å². The maximum Gasteiger partial charge on any atom is 0.0614 e. The number of nitrogens with zero attached hydrogens (tertiary/aromatic N) is 3. The fourth-order valence-electron chi connectivity index (χ4n) is 16.2. The van der Waals surface area contributed by atoms with E-state index in [0.717, 1.165) is 125 Å². The van der Waals surface area contributed by atoms with Gasteiger partial charge in [0.25, 0.3) is 0 Å². The summed E-state index contributed by atoms with van der Waals surface area (Å²) in [5.74, 6) is 44.7. The van der Waals surface area contributed by atoms with E-state index >= 15 is 0 Å². The average Bonchev–Trinajstić information content (AvgIpc) is 1.51. The van der Waals surface area contributed by atoms with Gasteiger partial charge in [-0.15, -0.1) is 0 Å². The van der Waals surface area contributed by atoms with Crippen LogP contribution in [0.15, 0.2) is 218 Å². The van der Waals surface area contributed by atoms with Crippen LogP contribution < -0.4 is 0 Å². The molecule has 0 saturated carbocycles. The fourth-order valence-corrected chi connectivity index (χ4v) is 16.2. The highest BCUT2D eigenvalue weighted by Crippen LogP contribution is 2.50. The maximum absolute atomic E-state index is 3.81. The largest absolute Gasteiger partial charge is 0.340 e. The number of hydrogen-bond donors (Lipinski definition) is 0. The summed E-state index contributed by atoms with van der Waals surface area (Å²) >= 11 is 0. The summed E-state index contributed by atoms with van der Waals surface area (Å²) in [6, 6.07) is 77.4. The van der Waals surface area contributed by atoms with E-state index in [0.29, 0.717) is 0 Å². The molecule has 3 nitrogen and oxygen atoms in total. The monoisotopic (exact) mass is 1450 g/mol. The van der Waals surface area contributed by atoms with Crippen molar-refractivity contribution < 1.29 is 0 Å². The van der Waals surface area contributed by atoms with Crippen molar-refractivity contribution in [1.29, 1.82) is 0 Å². The number of rotatable bonds is 33. The molecular formula is C108H111N3. The Labute approximate surface area is 664 Å². The molecule has 0 bridgehead atoms. The first-order valence-corrected chi connectivity index (χ1v) is 42.6. The Morgan fingerprint density at radius 2 is 0.360 bits per heavy atom. The van der Waals surface area contributed by atoms with Crippen LogP contribution >= 0.6 is 0 Å². The van der Waals surface area contributed by atoms with Gasteiger partial charge in [-0.1, -0.05) is 374 Å². The Morgan fingerprint density at radius 3 is 0.550 bits per heavy atom. The van der Waals surface area contributed by atoms with E-state index in [4.69, 9.17) is 0 Å². The predicted octanol–water partition coefficient (Wildman–Crippen LogP) is 28.2. The van der Waals surface area contributed by atoms with E-state index in [1.54, 1.807) is 0 Å². The Balaban J connectivity index is 1.16. The first-order chi connectivity index (χ1) is 55.0. The van der Waals surface area contributed by atoms with Crippen molar-refractivity contribution in [3.8, 4) is 71.0 Å². The second-order valence-electron chi connectivity index (χ2n) is 30.6. The van der Waals surface area contributed by atoms with E-state index in [1.807, 2.05) is 0 Å². The third-order valence-corrected chi connectivity index (χ3v) is 22.2. The highest BCUT2D eigenvalue weighted by Gasteiger charge is 2.30. The maximum atomic E-state index is 3.81. The Morgan fingerprint density at radius 1 is 0.189 bits per heavy atom. The molecular weight excluding hydrogens is 1340 g/mol. The van der Waals surface area contributed by atoms with Crippen molar-refractivity contribution in [3.05, 3.63) is 285 Å². The zero-order valence-electron chi connectivity index (χ0n) is 66.5. The molecule has 0 unspecified atom stereocenters. The molecule has 13 rings (SSSR count). The smallest absolute Gasteiger partial charge is 0.0614 e. The molecule has 0 aliphatic carbocycles. The molecule has 111 heavy (non-hydrogen) atoms. The number of unbranched alkanes of at least 4 members (excludes halogenated alkanes) is 27. The van der Waals surface area contributed by atoms with Crippen LogP contribution in [0.4, 0.5) is 0 Å². The van der Waals surface area contributed by atoms with Gasteiger partial charge in [-0.3, -0.25) is 0 Å². The fraction of sp³-hybridized carbons (Fsp3) is 0.333. The molecule has 0 aliphatic heterocycles. The van der Waals surface area contributed by atoms with Crippen molar-refractivity contribution in [2.45, 2.75) is 233 Å². The summed E-state index contributed by atoms with van der Waals surface area (Å²) in [6.45, 7) is 9.45. The number of hydrogen-bond acceptors (Lipinski definition) is 0. The molecule has 0 N–H and O–H groups in total.